The van der Waals surface area contributed by atoms with Crippen LogP contribution in [0.3, 0.4) is 0 Å². The molecule has 2 N–H and O–H groups in total. The van der Waals surface area contributed by atoms with Crippen molar-refractivity contribution in [3.05, 3.63) is 46.9 Å². The second-order valence-corrected chi connectivity index (χ2v) is 5.64. The number of aromatic amines is 1. The molecule has 23 heavy (non-hydrogen) atoms. The minimum atomic E-state index is -0.216. The first-order valence-corrected chi connectivity index (χ1v) is 7.95. The van der Waals surface area contributed by atoms with Crippen molar-refractivity contribution in [2.75, 3.05) is 6.61 Å². The van der Waals surface area contributed by atoms with Crippen molar-refractivity contribution in [1.82, 2.24) is 10.2 Å². The van der Waals surface area contributed by atoms with Crippen LogP contribution in [0.4, 0.5) is 0 Å². The van der Waals surface area contributed by atoms with Crippen LogP contribution in [0.5, 0.6) is 5.75 Å². The number of ether oxygens (including phenoxy) is 1. The standard InChI is InChI=1S/C18H23N3O2/c1-3-13(2)17(19)5-4-10-23-16-8-6-14(7-9-16)15-11-18(22)21-20-12-15/h6-9,11-13,19H,3-5,10H2,1-2H3,(H,21,22)/t13-/m1/s1. The Kier molecular flexibility index (Phi) is 6.09. The molecule has 0 aliphatic heterocycles. The summed E-state index contributed by atoms with van der Waals surface area (Å²) in [6.45, 7) is 4.80. The summed E-state index contributed by atoms with van der Waals surface area (Å²) in [5, 5.41) is 14.1. The van der Waals surface area contributed by atoms with Gasteiger partial charge in [0.15, 0.2) is 0 Å². The number of nitrogens with zero attached hydrogens (tertiary/aromatic N) is 1. The smallest absolute Gasteiger partial charge is 0.264 e. The van der Waals surface area contributed by atoms with Crippen LogP contribution < -0.4 is 10.3 Å². The molecule has 0 spiro atoms. The Morgan fingerprint density at radius 2 is 2.04 bits per heavy atom. The van der Waals surface area contributed by atoms with Gasteiger partial charge in [-0.2, -0.15) is 5.10 Å². The van der Waals surface area contributed by atoms with Crippen LogP contribution in [-0.2, 0) is 0 Å². The summed E-state index contributed by atoms with van der Waals surface area (Å²) in [6, 6.07) is 9.11. The Morgan fingerprint density at radius 3 is 2.70 bits per heavy atom. The Hall–Kier alpha value is -2.43. The fourth-order valence-electron chi connectivity index (χ4n) is 2.22. The fraction of sp³-hybridized carbons (Fsp3) is 0.389. The van der Waals surface area contributed by atoms with Crippen molar-refractivity contribution in [3.8, 4) is 16.9 Å². The Bertz CT molecular complexity index is 692. The van der Waals surface area contributed by atoms with Crippen LogP contribution in [-0.4, -0.2) is 22.5 Å². The topological polar surface area (TPSA) is 78.8 Å². The summed E-state index contributed by atoms with van der Waals surface area (Å²) in [5.41, 5.74) is 2.29. The van der Waals surface area contributed by atoms with E-state index in [9.17, 15) is 4.79 Å². The molecule has 5 nitrogen and oxygen atoms in total. The number of H-pyrrole nitrogens is 1. The van der Waals surface area contributed by atoms with Gasteiger partial charge in [-0.05, 0) is 42.9 Å². The van der Waals surface area contributed by atoms with Gasteiger partial charge in [-0.15, -0.1) is 0 Å². The number of nitrogens with one attached hydrogen (secondary N) is 2. The third-order valence-corrected chi connectivity index (χ3v) is 3.92. The second kappa shape index (κ2) is 8.27. The molecule has 0 radical (unpaired) electrons. The lowest BCUT2D eigenvalue weighted by Crippen LogP contribution is -2.10. The molecule has 5 heteroatoms. The third kappa shape index (κ3) is 5.06. The molecule has 0 aliphatic carbocycles. The highest BCUT2D eigenvalue weighted by Gasteiger charge is 2.06. The average Bonchev–Trinajstić information content (AvgIpc) is 2.58. The summed E-state index contributed by atoms with van der Waals surface area (Å²) in [4.78, 5) is 11.3. The third-order valence-electron chi connectivity index (χ3n) is 3.92. The van der Waals surface area contributed by atoms with E-state index in [0.29, 0.717) is 12.5 Å². The predicted molar refractivity (Wildman–Crippen MR) is 92.2 cm³/mol. The Morgan fingerprint density at radius 1 is 1.30 bits per heavy atom. The number of hydrogen-bond acceptors (Lipinski definition) is 4. The molecule has 0 saturated heterocycles. The molecule has 122 valence electrons. The highest BCUT2D eigenvalue weighted by Crippen LogP contribution is 2.20. The lowest BCUT2D eigenvalue weighted by Gasteiger charge is -2.11. The van der Waals surface area contributed by atoms with E-state index in [1.54, 1.807) is 6.20 Å². The molecule has 2 rings (SSSR count). The molecule has 1 atom stereocenters. The van der Waals surface area contributed by atoms with Crippen molar-refractivity contribution in [2.45, 2.75) is 33.1 Å². The van der Waals surface area contributed by atoms with Gasteiger partial charge >= 0.3 is 0 Å². The molecule has 0 saturated carbocycles. The van der Waals surface area contributed by atoms with Crippen molar-refractivity contribution >= 4 is 5.71 Å². The first-order valence-electron chi connectivity index (χ1n) is 7.95. The van der Waals surface area contributed by atoms with Gasteiger partial charge in [-0.1, -0.05) is 26.0 Å². The summed E-state index contributed by atoms with van der Waals surface area (Å²) >= 11 is 0. The highest BCUT2D eigenvalue weighted by molar-refractivity contribution is 5.83. The molecule has 1 aromatic heterocycles. The van der Waals surface area contributed by atoms with Gasteiger partial charge in [-0.25, -0.2) is 5.10 Å². The summed E-state index contributed by atoms with van der Waals surface area (Å²) in [7, 11) is 0. The minimum Gasteiger partial charge on any atom is -0.494 e. The maximum atomic E-state index is 11.3. The van der Waals surface area contributed by atoms with Crippen molar-refractivity contribution in [2.24, 2.45) is 5.92 Å². The van der Waals surface area contributed by atoms with Gasteiger partial charge in [-0.3, -0.25) is 4.79 Å². The van der Waals surface area contributed by atoms with E-state index < -0.39 is 0 Å². The van der Waals surface area contributed by atoms with Crippen LogP contribution in [0, 0.1) is 11.3 Å². The van der Waals surface area contributed by atoms with E-state index in [0.717, 1.165) is 41.9 Å². The van der Waals surface area contributed by atoms with Crippen LogP contribution in [0.2, 0.25) is 0 Å². The number of hydrogen-bond donors (Lipinski definition) is 2. The van der Waals surface area contributed by atoms with Crippen LogP contribution in [0.25, 0.3) is 11.1 Å². The predicted octanol–water partition coefficient (Wildman–Crippen LogP) is 3.66. The molecule has 2 aromatic rings. The highest BCUT2D eigenvalue weighted by atomic mass is 16.5. The van der Waals surface area contributed by atoms with Crippen LogP contribution >= 0.6 is 0 Å². The summed E-state index contributed by atoms with van der Waals surface area (Å²) in [6.07, 6.45) is 4.27. The maximum absolute atomic E-state index is 11.3. The lowest BCUT2D eigenvalue weighted by atomic mass is 9.99. The van der Waals surface area contributed by atoms with E-state index in [2.05, 4.69) is 24.0 Å². The molecular formula is C18H23N3O2. The zero-order valence-corrected chi connectivity index (χ0v) is 13.6. The molecule has 1 heterocycles. The van der Waals surface area contributed by atoms with Crippen molar-refractivity contribution in [3.63, 3.8) is 0 Å². The van der Waals surface area contributed by atoms with E-state index in [-0.39, 0.29) is 5.56 Å². The van der Waals surface area contributed by atoms with E-state index in [1.807, 2.05) is 24.3 Å². The first kappa shape index (κ1) is 16.9. The first-order chi connectivity index (χ1) is 11.1. The van der Waals surface area contributed by atoms with Gasteiger partial charge in [0.25, 0.3) is 5.56 Å². The fourth-order valence-corrected chi connectivity index (χ4v) is 2.22. The Balaban J connectivity index is 1.84. The molecule has 0 bridgehead atoms. The van der Waals surface area contributed by atoms with Gasteiger partial charge < -0.3 is 10.1 Å². The van der Waals surface area contributed by atoms with E-state index in [1.165, 1.54) is 6.07 Å². The summed E-state index contributed by atoms with van der Waals surface area (Å²) in [5.74, 6) is 1.15. The number of aromatic nitrogens is 2. The van der Waals surface area contributed by atoms with E-state index in [4.69, 9.17) is 10.1 Å². The lowest BCUT2D eigenvalue weighted by molar-refractivity contribution is 0.313. The molecule has 0 unspecified atom stereocenters. The quantitative estimate of drug-likeness (QED) is 0.576. The second-order valence-electron chi connectivity index (χ2n) is 5.64. The average molecular weight is 313 g/mol. The molecule has 1 aromatic carbocycles. The zero-order chi connectivity index (χ0) is 16.7. The summed E-state index contributed by atoms with van der Waals surface area (Å²) < 4.78 is 5.70. The van der Waals surface area contributed by atoms with Crippen LogP contribution in [0.1, 0.15) is 33.1 Å². The normalized spacial score (nSPS) is 11.9. The Labute approximate surface area is 136 Å². The molecule has 0 amide bonds. The number of benzene rings is 1. The molecule has 0 fully saturated rings. The van der Waals surface area contributed by atoms with Crippen LogP contribution in [0.15, 0.2) is 41.3 Å². The van der Waals surface area contributed by atoms with Gasteiger partial charge in [0.05, 0.1) is 12.8 Å². The maximum Gasteiger partial charge on any atom is 0.264 e. The van der Waals surface area contributed by atoms with Gasteiger partial charge in [0.1, 0.15) is 5.75 Å². The largest absolute Gasteiger partial charge is 0.494 e. The van der Waals surface area contributed by atoms with Gasteiger partial charge in [0, 0.05) is 17.3 Å². The zero-order valence-electron chi connectivity index (χ0n) is 13.6. The monoisotopic (exact) mass is 313 g/mol. The number of rotatable bonds is 8. The minimum absolute atomic E-state index is 0.216. The molecule has 0 aliphatic rings. The molecular weight excluding hydrogens is 290 g/mol. The van der Waals surface area contributed by atoms with Crippen molar-refractivity contribution in [1.29, 1.82) is 5.41 Å². The van der Waals surface area contributed by atoms with E-state index >= 15 is 0 Å². The van der Waals surface area contributed by atoms with Crippen molar-refractivity contribution < 1.29 is 4.74 Å². The van der Waals surface area contributed by atoms with Gasteiger partial charge in [0.2, 0.25) is 0 Å². The SMILES string of the molecule is CC[C@@H](C)C(=N)CCCOc1ccc(-c2cn[nH]c(=O)c2)cc1.